The highest BCUT2D eigenvalue weighted by atomic mass is 16.5. The van der Waals surface area contributed by atoms with E-state index in [2.05, 4.69) is 13.8 Å². The molecular formula is C27H29NO7. The van der Waals surface area contributed by atoms with Gasteiger partial charge in [-0.3, -0.25) is 4.79 Å². The lowest BCUT2D eigenvalue weighted by Crippen LogP contribution is -2.49. The largest absolute Gasteiger partial charge is 0.508 e. The van der Waals surface area contributed by atoms with Crippen molar-refractivity contribution in [1.29, 1.82) is 0 Å². The quantitative estimate of drug-likeness (QED) is 0.414. The number of rotatable bonds is 6. The molecule has 2 heterocycles. The Bertz CT molecular complexity index is 1290. The number of carbonyl (C=O) groups is 2. The van der Waals surface area contributed by atoms with Gasteiger partial charge in [0.1, 0.15) is 23.7 Å². The van der Waals surface area contributed by atoms with E-state index in [1.165, 1.54) is 12.1 Å². The highest BCUT2D eigenvalue weighted by molar-refractivity contribution is 5.90. The first-order chi connectivity index (χ1) is 16.7. The van der Waals surface area contributed by atoms with Crippen LogP contribution in [-0.4, -0.2) is 40.6 Å². The van der Waals surface area contributed by atoms with Crippen LogP contribution >= 0.6 is 0 Å². The average molecular weight is 480 g/mol. The first kappa shape index (κ1) is 24.3. The molecule has 4 rings (SSSR count). The molecule has 0 radical (unpaired) electrons. The first-order valence-corrected chi connectivity index (χ1v) is 11.7. The summed E-state index contributed by atoms with van der Waals surface area (Å²) in [4.78, 5) is 39.0. The fourth-order valence-corrected chi connectivity index (χ4v) is 4.58. The van der Waals surface area contributed by atoms with Gasteiger partial charge in [-0.1, -0.05) is 0 Å². The van der Waals surface area contributed by atoms with Crippen LogP contribution in [0.3, 0.4) is 0 Å². The van der Waals surface area contributed by atoms with Crippen molar-refractivity contribution in [2.24, 2.45) is 0 Å². The molecule has 1 N–H and O–H groups in total. The molecule has 184 valence electrons. The van der Waals surface area contributed by atoms with Gasteiger partial charge in [-0.05, 0) is 76.4 Å². The summed E-state index contributed by atoms with van der Waals surface area (Å²) in [5.74, 6) is -0.121. The zero-order valence-corrected chi connectivity index (χ0v) is 20.1. The molecule has 1 saturated heterocycles. The van der Waals surface area contributed by atoms with Crippen LogP contribution in [0, 0.1) is 6.92 Å². The highest BCUT2D eigenvalue weighted by Gasteiger charge is 2.29. The van der Waals surface area contributed by atoms with Crippen molar-refractivity contribution in [2.75, 3.05) is 6.61 Å². The number of esters is 1. The fraction of sp³-hybridized carbons (Fsp3) is 0.370. The third-order valence-corrected chi connectivity index (χ3v) is 6.51. The van der Waals surface area contributed by atoms with Gasteiger partial charge in [-0.2, -0.15) is 0 Å². The van der Waals surface area contributed by atoms with Crippen LogP contribution in [0.5, 0.6) is 11.5 Å². The molecule has 0 bridgehead atoms. The lowest BCUT2D eigenvalue weighted by atomic mass is 9.97. The molecule has 35 heavy (non-hydrogen) atoms. The van der Waals surface area contributed by atoms with Crippen LogP contribution in [-0.2, 0) is 16.1 Å². The van der Waals surface area contributed by atoms with Gasteiger partial charge in [0.05, 0.1) is 5.56 Å². The number of nitrogens with zero attached hydrogens (tertiary/aromatic N) is 1. The van der Waals surface area contributed by atoms with Gasteiger partial charge < -0.3 is 23.9 Å². The van der Waals surface area contributed by atoms with E-state index in [4.69, 9.17) is 13.9 Å². The maximum absolute atomic E-state index is 12.6. The molecule has 2 unspecified atom stereocenters. The minimum atomic E-state index is -0.596. The lowest BCUT2D eigenvalue weighted by Gasteiger charge is -2.38. The Morgan fingerprint density at radius 3 is 2.46 bits per heavy atom. The number of phenolic OH excluding ortho intramolecular Hbond substituents is 1. The van der Waals surface area contributed by atoms with Gasteiger partial charge in [0.25, 0.3) is 5.91 Å². The maximum Gasteiger partial charge on any atom is 0.338 e. The summed E-state index contributed by atoms with van der Waals surface area (Å²) in [6.45, 7) is 5.57. The predicted molar refractivity (Wildman–Crippen MR) is 130 cm³/mol. The molecule has 0 saturated carbocycles. The van der Waals surface area contributed by atoms with Gasteiger partial charge in [0.15, 0.2) is 6.61 Å². The number of phenols is 1. The van der Waals surface area contributed by atoms with E-state index < -0.39 is 11.6 Å². The third kappa shape index (κ3) is 5.31. The van der Waals surface area contributed by atoms with Crippen LogP contribution in [0.4, 0.5) is 0 Å². The van der Waals surface area contributed by atoms with Crippen molar-refractivity contribution in [3.63, 3.8) is 0 Å². The summed E-state index contributed by atoms with van der Waals surface area (Å²) in [5.41, 5.74) is 0.885. The zero-order chi connectivity index (χ0) is 25.1. The van der Waals surface area contributed by atoms with E-state index >= 15 is 0 Å². The van der Waals surface area contributed by atoms with E-state index in [1.54, 1.807) is 37.3 Å². The van der Waals surface area contributed by atoms with E-state index in [1.807, 2.05) is 4.90 Å². The molecule has 2 aromatic carbocycles. The first-order valence-electron chi connectivity index (χ1n) is 11.7. The Kier molecular flexibility index (Phi) is 7.10. The Labute approximate surface area is 203 Å². The molecule has 1 aliphatic rings. The van der Waals surface area contributed by atoms with E-state index in [-0.39, 0.29) is 42.5 Å². The number of aryl methyl sites for hydroxylation is 1. The summed E-state index contributed by atoms with van der Waals surface area (Å²) in [7, 11) is 0. The van der Waals surface area contributed by atoms with Crippen molar-refractivity contribution in [2.45, 2.75) is 58.7 Å². The summed E-state index contributed by atoms with van der Waals surface area (Å²) < 4.78 is 16.3. The number of aromatic hydroxyl groups is 1. The second-order valence-corrected chi connectivity index (χ2v) is 9.00. The number of fused-ring (bicyclic) bond motifs is 1. The smallest absolute Gasteiger partial charge is 0.338 e. The fourth-order valence-electron chi connectivity index (χ4n) is 4.58. The molecule has 0 aliphatic carbocycles. The summed E-state index contributed by atoms with van der Waals surface area (Å²) >= 11 is 0. The van der Waals surface area contributed by atoms with E-state index in [0.29, 0.717) is 27.8 Å². The van der Waals surface area contributed by atoms with Crippen molar-refractivity contribution < 1.29 is 28.6 Å². The van der Waals surface area contributed by atoms with Gasteiger partial charge in [-0.15, -0.1) is 0 Å². The maximum atomic E-state index is 12.6. The molecule has 2 atom stereocenters. The normalized spacial score (nSPS) is 17.9. The minimum absolute atomic E-state index is 0.0127. The van der Waals surface area contributed by atoms with Gasteiger partial charge in [0.2, 0.25) is 0 Å². The van der Waals surface area contributed by atoms with E-state index in [0.717, 1.165) is 19.3 Å². The number of carbonyl (C=O) groups excluding carboxylic acids is 2. The Hall–Kier alpha value is -3.81. The van der Waals surface area contributed by atoms with Crippen LogP contribution in [0.2, 0.25) is 0 Å². The Morgan fingerprint density at radius 2 is 1.77 bits per heavy atom. The standard InChI is InChI=1S/C27H29NO7/c1-16-5-4-6-17(2)28(16)24(30)15-33-21-9-7-19(8-10-21)27(32)34-14-20-13-25(31)35-26-18(3)23(29)12-11-22(20)26/h7-13,16-17,29H,4-6,14-15H2,1-3H3. The lowest BCUT2D eigenvalue weighted by molar-refractivity contribution is -0.139. The summed E-state index contributed by atoms with van der Waals surface area (Å²) in [6, 6.07) is 11.1. The molecule has 3 aromatic rings. The summed E-state index contributed by atoms with van der Waals surface area (Å²) in [5, 5.41) is 10.4. The van der Waals surface area contributed by atoms with Gasteiger partial charge >= 0.3 is 11.6 Å². The van der Waals surface area contributed by atoms with Crippen LogP contribution < -0.4 is 10.4 Å². The number of ether oxygens (including phenoxy) is 2. The highest BCUT2D eigenvalue weighted by Crippen LogP contribution is 2.28. The monoisotopic (exact) mass is 479 g/mol. The average Bonchev–Trinajstić information content (AvgIpc) is 2.83. The van der Waals surface area contributed by atoms with E-state index in [9.17, 15) is 19.5 Å². The molecule has 1 aromatic heterocycles. The minimum Gasteiger partial charge on any atom is -0.508 e. The number of piperidine rings is 1. The van der Waals surface area contributed by atoms with Gasteiger partial charge in [0, 0.05) is 34.7 Å². The second-order valence-electron chi connectivity index (χ2n) is 9.00. The zero-order valence-electron chi connectivity index (χ0n) is 20.1. The number of hydrogen-bond donors (Lipinski definition) is 1. The topological polar surface area (TPSA) is 106 Å². The van der Waals surface area contributed by atoms with Crippen LogP contribution in [0.1, 0.15) is 54.6 Å². The number of benzene rings is 2. The van der Waals surface area contributed by atoms with Crippen molar-refractivity contribution in [3.8, 4) is 11.5 Å². The molecule has 1 amide bonds. The Balaban J connectivity index is 1.37. The third-order valence-electron chi connectivity index (χ3n) is 6.51. The van der Waals surface area contributed by atoms with Crippen LogP contribution in [0.25, 0.3) is 11.0 Å². The number of likely N-dealkylation sites (tertiary alicyclic amines) is 1. The predicted octanol–water partition coefficient (Wildman–Crippen LogP) is 4.33. The molecule has 0 spiro atoms. The summed E-state index contributed by atoms with van der Waals surface area (Å²) in [6.07, 6.45) is 3.12. The number of amides is 1. The molecule has 1 fully saturated rings. The van der Waals surface area contributed by atoms with Gasteiger partial charge in [-0.25, -0.2) is 9.59 Å². The molecule has 8 nitrogen and oxygen atoms in total. The molecule has 8 heteroatoms. The molecule has 1 aliphatic heterocycles. The van der Waals surface area contributed by atoms with Crippen LogP contribution in [0.15, 0.2) is 51.7 Å². The second kappa shape index (κ2) is 10.2. The van der Waals surface area contributed by atoms with Crippen molar-refractivity contribution in [1.82, 2.24) is 4.90 Å². The Morgan fingerprint density at radius 1 is 1.09 bits per heavy atom. The van der Waals surface area contributed by atoms with Crippen molar-refractivity contribution in [3.05, 3.63) is 69.6 Å². The van der Waals surface area contributed by atoms with Crippen molar-refractivity contribution >= 4 is 22.8 Å². The SMILES string of the molecule is Cc1c(O)ccc2c(COC(=O)c3ccc(OCC(=O)N4C(C)CCCC4C)cc3)cc(=O)oc12. The molecular weight excluding hydrogens is 450 g/mol. The number of hydrogen-bond acceptors (Lipinski definition) is 7.